The molecule has 2 aliphatic rings. The first-order valence-electron chi connectivity index (χ1n) is 4.17. The summed E-state index contributed by atoms with van der Waals surface area (Å²) in [5.41, 5.74) is 0. The van der Waals surface area contributed by atoms with Crippen molar-refractivity contribution in [1.29, 1.82) is 0 Å². The molecule has 2 unspecified atom stereocenters. The number of carboxylic acid groups (broad SMARTS) is 1. The second kappa shape index (κ2) is 2.31. The van der Waals surface area contributed by atoms with Crippen LogP contribution in [0.15, 0.2) is 0 Å². The Hall–Kier alpha value is -1.39. The minimum atomic E-state index is -1.03. The van der Waals surface area contributed by atoms with E-state index in [9.17, 15) is 14.4 Å². The van der Waals surface area contributed by atoms with E-state index in [2.05, 4.69) is 0 Å². The average Bonchev–Trinajstić information content (AvgIpc) is 2.73. The largest absolute Gasteiger partial charge is 0.481 e. The van der Waals surface area contributed by atoms with Crippen LogP contribution in [0, 0.1) is 17.8 Å². The molecule has 1 heterocycles. The molecule has 1 saturated carbocycles. The summed E-state index contributed by atoms with van der Waals surface area (Å²) in [5, 5.41) is 8.63. The van der Waals surface area contributed by atoms with Crippen LogP contribution in [0.4, 0.5) is 0 Å². The molecule has 2 fully saturated rings. The van der Waals surface area contributed by atoms with Gasteiger partial charge in [0.05, 0.1) is 17.8 Å². The van der Waals surface area contributed by atoms with Crippen molar-refractivity contribution >= 4 is 17.8 Å². The molecule has 13 heavy (non-hydrogen) atoms. The van der Waals surface area contributed by atoms with E-state index in [1.165, 1.54) is 0 Å². The van der Waals surface area contributed by atoms with Gasteiger partial charge in [0.2, 0.25) is 11.8 Å². The van der Waals surface area contributed by atoms with E-state index in [0.29, 0.717) is 6.54 Å². The van der Waals surface area contributed by atoms with Gasteiger partial charge in [-0.15, -0.1) is 0 Å². The molecule has 2 atom stereocenters. The Kier molecular flexibility index (Phi) is 1.46. The van der Waals surface area contributed by atoms with Gasteiger partial charge < -0.3 is 5.11 Å². The molecule has 2 amide bonds. The smallest absolute Gasteiger partial charge is 0.308 e. The molecule has 5 heteroatoms. The van der Waals surface area contributed by atoms with Crippen LogP contribution in [0.1, 0.15) is 6.92 Å². The molecule has 0 radical (unpaired) electrons. The second-order valence-corrected chi connectivity index (χ2v) is 3.34. The average molecular weight is 183 g/mol. The Bertz CT molecular complexity index is 289. The van der Waals surface area contributed by atoms with Crippen LogP contribution < -0.4 is 0 Å². The third kappa shape index (κ3) is 0.839. The van der Waals surface area contributed by atoms with E-state index in [1.807, 2.05) is 0 Å². The van der Waals surface area contributed by atoms with E-state index < -0.39 is 23.7 Å². The molecule has 0 aromatic rings. The number of aliphatic carboxylic acids is 1. The fourth-order valence-electron chi connectivity index (χ4n) is 2.01. The lowest BCUT2D eigenvalue weighted by Gasteiger charge is -2.14. The summed E-state index contributed by atoms with van der Waals surface area (Å²) in [7, 11) is 0. The number of fused-ring (bicyclic) bond motifs is 1. The van der Waals surface area contributed by atoms with E-state index in [-0.39, 0.29) is 11.8 Å². The Morgan fingerprint density at radius 1 is 1.38 bits per heavy atom. The molecule has 0 aromatic carbocycles. The number of hydrogen-bond acceptors (Lipinski definition) is 3. The first kappa shape index (κ1) is 8.22. The first-order chi connectivity index (χ1) is 6.09. The number of nitrogens with zero attached hydrogens (tertiary/aromatic N) is 1. The summed E-state index contributed by atoms with van der Waals surface area (Å²) >= 11 is 0. The van der Waals surface area contributed by atoms with E-state index in [1.54, 1.807) is 6.92 Å². The quantitative estimate of drug-likeness (QED) is 0.575. The first-order valence-corrected chi connectivity index (χ1v) is 4.17. The molecular formula is C8H9NO4. The summed E-state index contributed by atoms with van der Waals surface area (Å²) in [6.07, 6.45) is 0. The van der Waals surface area contributed by atoms with Gasteiger partial charge in [-0.1, -0.05) is 0 Å². The molecule has 70 valence electrons. The Balaban J connectivity index is 2.20. The van der Waals surface area contributed by atoms with Crippen molar-refractivity contribution in [3.05, 3.63) is 0 Å². The fraction of sp³-hybridized carbons (Fsp3) is 0.625. The number of likely N-dealkylation sites (tertiary alicyclic amines) is 1. The lowest BCUT2D eigenvalue weighted by atomic mass is 10.2. The zero-order valence-corrected chi connectivity index (χ0v) is 7.06. The predicted molar refractivity (Wildman–Crippen MR) is 40.5 cm³/mol. The zero-order chi connectivity index (χ0) is 9.75. The lowest BCUT2D eigenvalue weighted by Crippen LogP contribution is -2.35. The van der Waals surface area contributed by atoms with E-state index in [4.69, 9.17) is 5.11 Å². The van der Waals surface area contributed by atoms with Gasteiger partial charge in [0, 0.05) is 6.54 Å². The summed E-state index contributed by atoms with van der Waals surface area (Å²) in [6, 6.07) is 0. The molecule has 2 rings (SSSR count). The highest BCUT2D eigenvalue weighted by Crippen LogP contribution is 2.53. The number of amides is 2. The van der Waals surface area contributed by atoms with Crippen molar-refractivity contribution in [3.63, 3.8) is 0 Å². The molecule has 1 aliphatic carbocycles. The number of hydrogen-bond donors (Lipinski definition) is 1. The predicted octanol–water partition coefficient (Wildman–Crippen LogP) is -0.678. The highest BCUT2D eigenvalue weighted by atomic mass is 16.4. The third-order valence-electron chi connectivity index (χ3n) is 2.72. The van der Waals surface area contributed by atoms with Gasteiger partial charge in [-0.25, -0.2) is 0 Å². The standard InChI is InChI=1S/C8H9NO4/c1-2-9-6(10)3-4(7(9)11)5(3)8(12)13/h3-5H,2H2,1H3,(H,12,13). The molecule has 0 spiro atoms. The summed E-state index contributed by atoms with van der Waals surface area (Å²) in [4.78, 5) is 34.4. The highest BCUT2D eigenvalue weighted by molar-refractivity contribution is 6.13. The number of piperidine rings is 1. The maximum absolute atomic E-state index is 11.3. The third-order valence-corrected chi connectivity index (χ3v) is 2.72. The number of rotatable bonds is 2. The summed E-state index contributed by atoms with van der Waals surface area (Å²) < 4.78 is 0. The van der Waals surface area contributed by atoms with E-state index >= 15 is 0 Å². The van der Waals surface area contributed by atoms with Crippen molar-refractivity contribution in [3.8, 4) is 0 Å². The molecule has 5 nitrogen and oxygen atoms in total. The summed E-state index contributed by atoms with van der Waals surface area (Å²) in [6.45, 7) is 2.05. The molecule has 0 aromatic heterocycles. The molecule has 1 saturated heterocycles. The topological polar surface area (TPSA) is 74.7 Å². The van der Waals surface area contributed by atoms with Crippen molar-refractivity contribution in [1.82, 2.24) is 4.90 Å². The minimum Gasteiger partial charge on any atom is -0.481 e. The van der Waals surface area contributed by atoms with Crippen LogP contribution in [0.2, 0.25) is 0 Å². The van der Waals surface area contributed by atoms with Crippen molar-refractivity contribution in [2.45, 2.75) is 6.92 Å². The van der Waals surface area contributed by atoms with Crippen molar-refractivity contribution in [2.75, 3.05) is 6.54 Å². The molecule has 1 aliphatic heterocycles. The monoisotopic (exact) mass is 183 g/mol. The van der Waals surface area contributed by atoms with Gasteiger partial charge in [0.25, 0.3) is 0 Å². The SMILES string of the molecule is CCN1C(=O)C2C(C(=O)O)C2C1=O. The number of carboxylic acids is 1. The van der Waals surface area contributed by atoms with Gasteiger partial charge in [-0.3, -0.25) is 19.3 Å². The van der Waals surface area contributed by atoms with Crippen LogP contribution in [0.3, 0.4) is 0 Å². The van der Waals surface area contributed by atoms with Crippen LogP contribution in [-0.4, -0.2) is 34.3 Å². The Morgan fingerprint density at radius 2 is 1.85 bits per heavy atom. The Morgan fingerprint density at radius 3 is 2.15 bits per heavy atom. The van der Waals surface area contributed by atoms with Crippen LogP contribution in [-0.2, 0) is 14.4 Å². The minimum absolute atomic E-state index is 0.315. The van der Waals surface area contributed by atoms with Crippen LogP contribution >= 0.6 is 0 Å². The highest BCUT2D eigenvalue weighted by Gasteiger charge is 2.70. The fourth-order valence-corrected chi connectivity index (χ4v) is 2.01. The second-order valence-electron chi connectivity index (χ2n) is 3.34. The van der Waals surface area contributed by atoms with Gasteiger partial charge in [0.1, 0.15) is 0 Å². The number of carbonyl (C=O) groups excluding carboxylic acids is 2. The maximum Gasteiger partial charge on any atom is 0.308 e. The number of imide groups is 1. The molecule has 0 bridgehead atoms. The van der Waals surface area contributed by atoms with Crippen LogP contribution in [0.5, 0.6) is 0 Å². The molecule has 1 N–H and O–H groups in total. The maximum atomic E-state index is 11.3. The van der Waals surface area contributed by atoms with E-state index in [0.717, 1.165) is 4.90 Å². The van der Waals surface area contributed by atoms with Crippen molar-refractivity contribution < 1.29 is 19.5 Å². The van der Waals surface area contributed by atoms with Gasteiger partial charge in [-0.2, -0.15) is 0 Å². The normalized spacial score (nSPS) is 36.4. The zero-order valence-electron chi connectivity index (χ0n) is 7.06. The van der Waals surface area contributed by atoms with Gasteiger partial charge >= 0.3 is 5.97 Å². The lowest BCUT2D eigenvalue weighted by molar-refractivity contribution is -0.148. The van der Waals surface area contributed by atoms with Gasteiger partial charge in [-0.05, 0) is 6.92 Å². The van der Waals surface area contributed by atoms with Gasteiger partial charge in [0.15, 0.2) is 0 Å². The summed E-state index contributed by atoms with van der Waals surface area (Å²) in [5.74, 6) is -3.54. The van der Waals surface area contributed by atoms with Crippen molar-refractivity contribution in [2.24, 2.45) is 17.8 Å². The van der Waals surface area contributed by atoms with Crippen LogP contribution in [0.25, 0.3) is 0 Å². The number of carbonyl (C=O) groups is 3. The molecular weight excluding hydrogens is 174 g/mol. The Labute approximate surface area is 74.3 Å².